The first-order chi connectivity index (χ1) is 11.3. The van der Waals surface area contributed by atoms with Crippen molar-refractivity contribution in [3.63, 3.8) is 0 Å². The van der Waals surface area contributed by atoms with Crippen molar-refractivity contribution >= 4 is 23.1 Å². The zero-order valence-electron chi connectivity index (χ0n) is 13.1. The Balaban J connectivity index is 2.04. The number of aryl methyl sites for hydroxylation is 3. The van der Waals surface area contributed by atoms with Gasteiger partial charge in [0.25, 0.3) is 5.69 Å². The van der Waals surface area contributed by atoms with Gasteiger partial charge in [-0.2, -0.15) is 4.68 Å². The number of hydrogen-bond acceptors (Lipinski definition) is 6. The number of nitro benzene ring substituents is 1. The monoisotopic (exact) mass is 333 g/mol. The smallest absolute Gasteiger partial charge is 0.358 e. The molecule has 0 unspecified atom stereocenters. The number of benzene rings is 1. The fraction of sp³-hybridized carbons (Fsp3) is 0.286. The molecule has 0 aliphatic carbocycles. The summed E-state index contributed by atoms with van der Waals surface area (Å²) in [6.07, 6.45) is -0.0231. The summed E-state index contributed by atoms with van der Waals surface area (Å²) in [7, 11) is 0. The van der Waals surface area contributed by atoms with Crippen LogP contribution in [0.1, 0.15) is 17.7 Å². The molecular formula is C14H15N5O5. The van der Waals surface area contributed by atoms with Crippen LogP contribution in [0, 0.1) is 34.1 Å². The summed E-state index contributed by atoms with van der Waals surface area (Å²) in [4.78, 5) is 32.5. The molecule has 10 nitrogen and oxygen atoms in total. The Hall–Kier alpha value is -3.30. The van der Waals surface area contributed by atoms with E-state index in [4.69, 9.17) is 0 Å². The molecule has 0 atom stereocenters. The third-order valence-corrected chi connectivity index (χ3v) is 3.33. The van der Waals surface area contributed by atoms with E-state index < -0.39 is 15.8 Å². The maximum absolute atomic E-state index is 12.0. The minimum atomic E-state index is -0.612. The van der Waals surface area contributed by atoms with E-state index in [1.54, 1.807) is 19.9 Å². The highest BCUT2D eigenvalue weighted by molar-refractivity contribution is 5.93. The van der Waals surface area contributed by atoms with Crippen molar-refractivity contribution in [3.8, 4) is 0 Å². The Morgan fingerprint density at radius 3 is 2.50 bits per heavy atom. The average Bonchev–Trinajstić information content (AvgIpc) is 2.88. The van der Waals surface area contributed by atoms with Crippen LogP contribution < -0.4 is 5.32 Å². The Morgan fingerprint density at radius 2 is 1.92 bits per heavy atom. The standard InChI is InChI=1S/C14H15N5O5/c1-9-3-4-11(12(7-9)18(21)22)15-14(20)5-6-17-10(2)8-13(16-17)19(23)24/h3-4,7-8H,5-6H2,1-2H3,(H,15,20). The molecule has 0 saturated carbocycles. The zero-order valence-corrected chi connectivity index (χ0v) is 13.1. The van der Waals surface area contributed by atoms with Gasteiger partial charge in [0.1, 0.15) is 5.69 Å². The summed E-state index contributed by atoms with van der Waals surface area (Å²) >= 11 is 0. The van der Waals surface area contributed by atoms with E-state index >= 15 is 0 Å². The van der Waals surface area contributed by atoms with Crippen LogP contribution in [0.4, 0.5) is 17.2 Å². The average molecular weight is 333 g/mol. The third kappa shape index (κ3) is 3.91. The summed E-state index contributed by atoms with van der Waals surface area (Å²) in [5.74, 6) is -0.735. The molecule has 2 rings (SSSR count). The number of aromatic nitrogens is 2. The van der Waals surface area contributed by atoms with Gasteiger partial charge in [-0.05, 0) is 30.4 Å². The maximum Gasteiger partial charge on any atom is 0.390 e. The fourth-order valence-electron chi connectivity index (χ4n) is 2.13. The number of nitrogens with one attached hydrogen (secondary N) is 1. The molecule has 1 heterocycles. The number of rotatable bonds is 6. The van der Waals surface area contributed by atoms with E-state index in [9.17, 15) is 25.0 Å². The number of carbonyl (C=O) groups is 1. The lowest BCUT2D eigenvalue weighted by Crippen LogP contribution is -2.16. The Labute approximate surface area is 136 Å². The summed E-state index contributed by atoms with van der Waals surface area (Å²) < 4.78 is 1.35. The van der Waals surface area contributed by atoms with Gasteiger partial charge in [0, 0.05) is 12.5 Å². The summed E-state index contributed by atoms with van der Waals surface area (Å²) in [6.45, 7) is 3.49. The fourth-order valence-corrected chi connectivity index (χ4v) is 2.13. The molecule has 0 fully saturated rings. The van der Waals surface area contributed by atoms with E-state index in [1.807, 2.05) is 0 Å². The van der Waals surface area contributed by atoms with Crippen molar-refractivity contribution in [2.75, 3.05) is 5.32 Å². The second-order valence-corrected chi connectivity index (χ2v) is 5.20. The first-order valence-corrected chi connectivity index (χ1v) is 7.01. The van der Waals surface area contributed by atoms with Gasteiger partial charge in [-0.25, -0.2) is 0 Å². The molecule has 0 bridgehead atoms. The highest BCUT2D eigenvalue weighted by atomic mass is 16.6. The molecule has 0 radical (unpaired) electrons. The van der Waals surface area contributed by atoms with Crippen LogP contribution in [0.3, 0.4) is 0 Å². The molecule has 0 aliphatic heterocycles. The maximum atomic E-state index is 12.0. The lowest BCUT2D eigenvalue weighted by Gasteiger charge is -2.06. The largest absolute Gasteiger partial charge is 0.390 e. The van der Waals surface area contributed by atoms with Gasteiger partial charge < -0.3 is 15.4 Å². The summed E-state index contributed by atoms with van der Waals surface area (Å²) in [6, 6.07) is 5.80. The lowest BCUT2D eigenvalue weighted by atomic mass is 10.2. The van der Waals surface area contributed by atoms with Crippen molar-refractivity contribution in [1.82, 2.24) is 9.78 Å². The Kier molecular flexibility index (Phi) is 4.87. The first kappa shape index (κ1) is 17.1. The Morgan fingerprint density at radius 1 is 1.21 bits per heavy atom. The second-order valence-electron chi connectivity index (χ2n) is 5.20. The van der Waals surface area contributed by atoms with Crippen LogP contribution in [-0.4, -0.2) is 25.5 Å². The van der Waals surface area contributed by atoms with Gasteiger partial charge in [0.15, 0.2) is 0 Å². The topological polar surface area (TPSA) is 133 Å². The highest BCUT2D eigenvalue weighted by Crippen LogP contribution is 2.25. The van der Waals surface area contributed by atoms with Crippen LogP contribution in [0.5, 0.6) is 0 Å². The van der Waals surface area contributed by atoms with E-state index in [-0.39, 0.29) is 30.2 Å². The van der Waals surface area contributed by atoms with E-state index in [0.717, 1.165) is 0 Å². The minimum Gasteiger partial charge on any atom is -0.358 e. The molecule has 1 aromatic carbocycles. The van der Waals surface area contributed by atoms with Gasteiger partial charge in [-0.1, -0.05) is 6.07 Å². The summed E-state index contributed by atoms with van der Waals surface area (Å²) in [5, 5.41) is 27.9. The molecule has 2 aromatic rings. The van der Waals surface area contributed by atoms with Gasteiger partial charge in [0.05, 0.1) is 28.3 Å². The number of nitrogens with zero attached hydrogens (tertiary/aromatic N) is 4. The van der Waals surface area contributed by atoms with Crippen molar-refractivity contribution in [3.05, 3.63) is 55.8 Å². The van der Waals surface area contributed by atoms with Gasteiger partial charge in [-0.3, -0.25) is 14.9 Å². The molecule has 0 aliphatic rings. The SMILES string of the molecule is Cc1ccc(NC(=O)CCn2nc([N+](=O)[O-])cc2C)c([N+](=O)[O-])c1. The molecule has 0 spiro atoms. The number of amides is 1. The molecule has 10 heteroatoms. The van der Waals surface area contributed by atoms with Crippen LogP contribution in [0.15, 0.2) is 24.3 Å². The van der Waals surface area contributed by atoms with Gasteiger partial charge in [0.2, 0.25) is 5.91 Å². The van der Waals surface area contributed by atoms with E-state index in [1.165, 1.54) is 22.9 Å². The van der Waals surface area contributed by atoms with Crippen LogP contribution >= 0.6 is 0 Å². The van der Waals surface area contributed by atoms with Crippen molar-refractivity contribution in [1.29, 1.82) is 0 Å². The molecule has 1 N–H and O–H groups in total. The number of hydrogen-bond donors (Lipinski definition) is 1. The van der Waals surface area contributed by atoms with Crippen LogP contribution in [0.2, 0.25) is 0 Å². The molecule has 1 aromatic heterocycles. The minimum absolute atomic E-state index is 0.0231. The van der Waals surface area contributed by atoms with Crippen molar-refractivity contribution in [2.45, 2.75) is 26.8 Å². The predicted molar refractivity (Wildman–Crippen MR) is 84.7 cm³/mol. The summed E-state index contributed by atoms with van der Waals surface area (Å²) in [5.41, 5.74) is 1.18. The van der Waals surface area contributed by atoms with E-state index in [0.29, 0.717) is 11.3 Å². The normalized spacial score (nSPS) is 10.4. The van der Waals surface area contributed by atoms with Gasteiger partial charge >= 0.3 is 5.82 Å². The predicted octanol–water partition coefficient (Wildman–Crippen LogP) is 2.35. The zero-order chi connectivity index (χ0) is 17.9. The molecule has 1 amide bonds. The van der Waals surface area contributed by atoms with Crippen molar-refractivity contribution < 1.29 is 14.6 Å². The van der Waals surface area contributed by atoms with Gasteiger partial charge in [-0.15, -0.1) is 0 Å². The first-order valence-electron chi connectivity index (χ1n) is 7.01. The lowest BCUT2D eigenvalue weighted by molar-refractivity contribution is -0.389. The highest BCUT2D eigenvalue weighted by Gasteiger charge is 2.18. The number of anilines is 1. The molecule has 126 valence electrons. The molecule has 24 heavy (non-hydrogen) atoms. The van der Waals surface area contributed by atoms with Crippen LogP contribution in [0.25, 0.3) is 0 Å². The van der Waals surface area contributed by atoms with Crippen LogP contribution in [-0.2, 0) is 11.3 Å². The number of nitro groups is 2. The third-order valence-electron chi connectivity index (χ3n) is 3.33. The quantitative estimate of drug-likeness (QED) is 0.637. The van der Waals surface area contributed by atoms with E-state index in [2.05, 4.69) is 10.4 Å². The molecular weight excluding hydrogens is 318 g/mol. The van der Waals surface area contributed by atoms with Crippen molar-refractivity contribution in [2.24, 2.45) is 0 Å². The molecule has 0 saturated heterocycles. The number of carbonyl (C=O) groups excluding carboxylic acids is 1. The second kappa shape index (κ2) is 6.86. The Bertz CT molecular complexity index is 814.